The first-order valence-electron chi connectivity index (χ1n) is 8.11. The predicted octanol–water partition coefficient (Wildman–Crippen LogP) is 3.38. The standard InChI is InChI=1S/C19H18ClN3O4/c1-10-12-8-14(20)16(27-19(25)23(2)3)9-15(12)26-18(24)13(10)6-11-4-5-22-17(21)7-11/h4-5,7-9H,6H2,1-3H3,(H2,21,22). The Hall–Kier alpha value is -3.06. The van der Waals surface area contributed by atoms with Gasteiger partial charge in [0.2, 0.25) is 0 Å². The number of amides is 1. The molecule has 0 fully saturated rings. The molecule has 140 valence electrons. The van der Waals surface area contributed by atoms with Gasteiger partial charge in [-0.25, -0.2) is 14.6 Å². The van der Waals surface area contributed by atoms with Crippen molar-refractivity contribution in [2.24, 2.45) is 0 Å². The number of pyridine rings is 1. The second-order valence-corrected chi connectivity index (χ2v) is 6.71. The number of rotatable bonds is 3. The molecule has 0 radical (unpaired) electrons. The summed E-state index contributed by atoms with van der Waals surface area (Å²) in [5.41, 5.74) is 7.61. The molecule has 0 unspecified atom stereocenters. The quantitative estimate of drug-likeness (QED) is 0.691. The fraction of sp³-hybridized carbons (Fsp3) is 0.211. The average Bonchev–Trinajstić information content (AvgIpc) is 2.60. The molecular formula is C19H18ClN3O4. The first kappa shape index (κ1) is 18.7. The molecule has 1 amide bonds. The van der Waals surface area contributed by atoms with Crippen molar-refractivity contribution in [1.29, 1.82) is 0 Å². The Morgan fingerprint density at radius 3 is 2.74 bits per heavy atom. The van der Waals surface area contributed by atoms with Crippen LogP contribution < -0.4 is 16.1 Å². The summed E-state index contributed by atoms with van der Waals surface area (Å²) in [5.74, 6) is 0.505. The van der Waals surface area contributed by atoms with Gasteiger partial charge in [0.1, 0.15) is 11.4 Å². The molecule has 7 nitrogen and oxygen atoms in total. The van der Waals surface area contributed by atoms with E-state index < -0.39 is 11.7 Å². The average molecular weight is 388 g/mol. The van der Waals surface area contributed by atoms with E-state index in [-0.39, 0.29) is 10.8 Å². The summed E-state index contributed by atoms with van der Waals surface area (Å²) in [6.45, 7) is 1.82. The highest BCUT2D eigenvalue weighted by atomic mass is 35.5. The third kappa shape index (κ3) is 3.88. The van der Waals surface area contributed by atoms with Gasteiger partial charge < -0.3 is 19.8 Å². The lowest BCUT2D eigenvalue weighted by Gasteiger charge is -2.13. The van der Waals surface area contributed by atoms with Crippen molar-refractivity contribution in [3.05, 3.63) is 62.6 Å². The van der Waals surface area contributed by atoms with E-state index in [0.717, 1.165) is 11.1 Å². The fourth-order valence-electron chi connectivity index (χ4n) is 2.67. The highest BCUT2D eigenvalue weighted by molar-refractivity contribution is 6.33. The zero-order valence-corrected chi connectivity index (χ0v) is 15.8. The number of hydrogen-bond acceptors (Lipinski definition) is 6. The maximum Gasteiger partial charge on any atom is 0.414 e. The van der Waals surface area contributed by atoms with Crippen molar-refractivity contribution in [2.75, 3.05) is 19.8 Å². The van der Waals surface area contributed by atoms with Crippen LogP contribution in [0.2, 0.25) is 5.02 Å². The predicted molar refractivity (Wildman–Crippen MR) is 103 cm³/mol. The number of carbonyl (C=O) groups excluding carboxylic acids is 1. The molecule has 0 aliphatic heterocycles. The van der Waals surface area contributed by atoms with Gasteiger partial charge in [0, 0.05) is 43.7 Å². The molecule has 2 aromatic heterocycles. The monoisotopic (exact) mass is 387 g/mol. The molecule has 0 saturated carbocycles. The molecule has 0 saturated heterocycles. The minimum atomic E-state index is -0.581. The van der Waals surface area contributed by atoms with Crippen LogP contribution in [0.5, 0.6) is 5.75 Å². The van der Waals surface area contributed by atoms with E-state index in [0.29, 0.717) is 28.8 Å². The third-order valence-electron chi connectivity index (χ3n) is 4.13. The van der Waals surface area contributed by atoms with Crippen LogP contribution in [0.1, 0.15) is 16.7 Å². The zero-order valence-electron chi connectivity index (χ0n) is 15.1. The summed E-state index contributed by atoms with van der Waals surface area (Å²) in [4.78, 5) is 29.5. The van der Waals surface area contributed by atoms with Crippen LogP contribution in [0.4, 0.5) is 10.6 Å². The Balaban J connectivity index is 2.06. The Morgan fingerprint density at radius 2 is 2.07 bits per heavy atom. The SMILES string of the molecule is Cc1c(Cc2ccnc(N)c2)c(=O)oc2cc(OC(=O)N(C)C)c(Cl)cc12. The van der Waals surface area contributed by atoms with Crippen molar-refractivity contribution >= 4 is 34.5 Å². The second-order valence-electron chi connectivity index (χ2n) is 6.30. The van der Waals surface area contributed by atoms with Crippen molar-refractivity contribution in [2.45, 2.75) is 13.3 Å². The van der Waals surface area contributed by atoms with Gasteiger partial charge in [-0.15, -0.1) is 0 Å². The number of nitrogens with two attached hydrogens (primary N) is 1. The number of anilines is 1. The number of aryl methyl sites for hydroxylation is 1. The minimum Gasteiger partial charge on any atom is -0.422 e. The summed E-state index contributed by atoms with van der Waals surface area (Å²) in [6.07, 6.45) is 1.36. The van der Waals surface area contributed by atoms with Crippen LogP contribution in [0, 0.1) is 6.92 Å². The number of nitrogen functional groups attached to an aromatic ring is 1. The van der Waals surface area contributed by atoms with E-state index in [1.165, 1.54) is 11.0 Å². The molecule has 2 heterocycles. The first-order chi connectivity index (χ1) is 12.8. The van der Waals surface area contributed by atoms with Gasteiger partial charge in [-0.2, -0.15) is 0 Å². The topological polar surface area (TPSA) is 98.7 Å². The van der Waals surface area contributed by atoms with Gasteiger partial charge in [0.25, 0.3) is 0 Å². The van der Waals surface area contributed by atoms with E-state index in [1.807, 2.05) is 6.92 Å². The Bertz CT molecular complexity index is 1090. The van der Waals surface area contributed by atoms with Crippen LogP contribution in [-0.4, -0.2) is 30.1 Å². The van der Waals surface area contributed by atoms with Crippen LogP contribution in [0.25, 0.3) is 11.0 Å². The highest BCUT2D eigenvalue weighted by Crippen LogP contribution is 2.32. The molecule has 1 aromatic carbocycles. The van der Waals surface area contributed by atoms with Crippen molar-refractivity contribution < 1.29 is 13.9 Å². The van der Waals surface area contributed by atoms with Crippen molar-refractivity contribution in [1.82, 2.24) is 9.88 Å². The second kappa shape index (κ2) is 7.28. The van der Waals surface area contributed by atoms with E-state index in [4.69, 9.17) is 26.5 Å². The molecular weight excluding hydrogens is 370 g/mol. The van der Waals surface area contributed by atoms with Crippen molar-refractivity contribution in [3.8, 4) is 5.75 Å². The van der Waals surface area contributed by atoms with Gasteiger partial charge in [0.15, 0.2) is 5.75 Å². The number of aromatic nitrogens is 1. The van der Waals surface area contributed by atoms with Gasteiger partial charge in [-0.3, -0.25) is 0 Å². The van der Waals surface area contributed by atoms with Crippen LogP contribution in [0.3, 0.4) is 0 Å². The third-order valence-corrected chi connectivity index (χ3v) is 4.42. The number of benzene rings is 1. The summed E-state index contributed by atoms with van der Waals surface area (Å²) >= 11 is 6.26. The molecule has 2 N–H and O–H groups in total. The lowest BCUT2D eigenvalue weighted by atomic mass is 10.00. The number of ether oxygens (including phenoxy) is 1. The lowest BCUT2D eigenvalue weighted by Crippen LogP contribution is -2.25. The number of hydrogen-bond donors (Lipinski definition) is 1. The number of fused-ring (bicyclic) bond motifs is 1. The summed E-state index contributed by atoms with van der Waals surface area (Å²) in [7, 11) is 3.11. The largest absolute Gasteiger partial charge is 0.422 e. The summed E-state index contributed by atoms with van der Waals surface area (Å²) in [5, 5.41) is 0.912. The van der Waals surface area contributed by atoms with Crippen LogP contribution in [0.15, 0.2) is 39.7 Å². The molecule has 3 rings (SSSR count). The number of halogens is 1. The van der Waals surface area contributed by atoms with Crippen LogP contribution in [-0.2, 0) is 6.42 Å². The molecule has 0 bridgehead atoms. The molecule has 0 atom stereocenters. The van der Waals surface area contributed by atoms with Gasteiger partial charge in [-0.1, -0.05) is 11.6 Å². The molecule has 0 spiro atoms. The van der Waals surface area contributed by atoms with Gasteiger partial charge in [-0.05, 0) is 36.2 Å². The smallest absolute Gasteiger partial charge is 0.414 e. The molecule has 27 heavy (non-hydrogen) atoms. The lowest BCUT2D eigenvalue weighted by molar-refractivity contribution is 0.172. The summed E-state index contributed by atoms with van der Waals surface area (Å²) in [6, 6.07) is 6.57. The van der Waals surface area contributed by atoms with E-state index >= 15 is 0 Å². The summed E-state index contributed by atoms with van der Waals surface area (Å²) < 4.78 is 10.7. The number of nitrogens with zero attached hydrogens (tertiary/aromatic N) is 2. The molecule has 8 heteroatoms. The molecule has 0 aliphatic carbocycles. The Morgan fingerprint density at radius 1 is 1.33 bits per heavy atom. The van der Waals surface area contributed by atoms with Crippen molar-refractivity contribution in [3.63, 3.8) is 0 Å². The van der Waals surface area contributed by atoms with E-state index in [2.05, 4.69) is 4.98 Å². The maximum absolute atomic E-state index is 12.5. The minimum absolute atomic E-state index is 0.125. The first-order valence-corrected chi connectivity index (χ1v) is 8.49. The van der Waals surface area contributed by atoms with Crippen LogP contribution >= 0.6 is 11.6 Å². The zero-order chi connectivity index (χ0) is 19.7. The highest BCUT2D eigenvalue weighted by Gasteiger charge is 2.17. The number of carbonyl (C=O) groups is 1. The fourth-order valence-corrected chi connectivity index (χ4v) is 2.87. The van der Waals surface area contributed by atoms with E-state index in [9.17, 15) is 9.59 Å². The van der Waals surface area contributed by atoms with Gasteiger partial charge in [0.05, 0.1) is 5.02 Å². The maximum atomic E-state index is 12.5. The molecule has 0 aliphatic rings. The molecule has 3 aromatic rings. The Labute approximate surface area is 160 Å². The van der Waals surface area contributed by atoms with Gasteiger partial charge >= 0.3 is 11.7 Å². The van der Waals surface area contributed by atoms with E-state index in [1.54, 1.807) is 38.5 Å². The normalized spacial score (nSPS) is 10.8. The Kier molecular flexibility index (Phi) is 5.05.